The molecule has 2 atom stereocenters. The predicted octanol–water partition coefficient (Wildman–Crippen LogP) is 4.61. The molecule has 2 aromatic carbocycles. The fraction of sp³-hybridized carbons (Fsp3) is 0.583. The largest absolute Gasteiger partial charge is 0.491 e. The lowest BCUT2D eigenvalue weighted by molar-refractivity contribution is 0.0113. The summed E-state index contributed by atoms with van der Waals surface area (Å²) in [6.45, 7) is 6.16. The summed E-state index contributed by atoms with van der Waals surface area (Å²) in [7, 11) is 0. The van der Waals surface area contributed by atoms with Gasteiger partial charge in [-0.1, -0.05) is 50.4 Å². The second-order valence-corrected chi connectivity index (χ2v) is 7.93. The summed E-state index contributed by atoms with van der Waals surface area (Å²) in [4.78, 5) is 0. The summed E-state index contributed by atoms with van der Waals surface area (Å²) in [6, 6.07) is 9.25. The van der Waals surface area contributed by atoms with Gasteiger partial charge in [0.05, 0.1) is 18.2 Å². The summed E-state index contributed by atoms with van der Waals surface area (Å²) in [5.74, 6) is 1.09. The van der Waals surface area contributed by atoms with Gasteiger partial charge in [0, 0.05) is 18.6 Å². The van der Waals surface area contributed by atoms with Gasteiger partial charge in [-0.05, 0) is 36.4 Å². The number of rotatable bonds is 16. The van der Waals surface area contributed by atoms with E-state index in [9.17, 15) is 10.2 Å². The molecule has 0 aliphatic carbocycles. The van der Waals surface area contributed by atoms with Crippen LogP contribution in [-0.4, -0.2) is 62.1 Å². The van der Waals surface area contributed by atoms with Crippen LogP contribution in [0.5, 0.6) is 11.5 Å². The zero-order valence-corrected chi connectivity index (χ0v) is 19.3. The van der Waals surface area contributed by atoms with E-state index in [1.54, 1.807) is 6.07 Å². The number of halogens is 1. The van der Waals surface area contributed by atoms with Gasteiger partial charge in [-0.25, -0.2) is 0 Å². The lowest BCUT2D eigenvalue weighted by Crippen LogP contribution is -2.23. The number of fused-ring (bicyclic) bond motifs is 1. The Morgan fingerprint density at radius 3 is 2.00 bits per heavy atom. The second-order valence-electron chi connectivity index (χ2n) is 7.55. The topological polar surface area (TPSA) is 77.4 Å². The molecule has 0 aliphatic heterocycles. The van der Waals surface area contributed by atoms with E-state index in [0.717, 1.165) is 36.5 Å². The predicted molar refractivity (Wildman–Crippen MR) is 123 cm³/mol. The van der Waals surface area contributed by atoms with Crippen LogP contribution >= 0.6 is 11.6 Å². The molecule has 0 saturated heterocycles. The SMILES string of the molecule is CCCCOCC(O)COc1ccc2ccc(OCC(O)COCCCC)c(Cl)c2c1. The molecule has 2 unspecified atom stereocenters. The lowest BCUT2D eigenvalue weighted by atomic mass is 10.1. The molecule has 2 aromatic rings. The highest BCUT2D eigenvalue weighted by Gasteiger charge is 2.12. The van der Waals surface area contributed by atoms with Crippen LogP contribution in [-0.2, 0) is 9.47 Å². The first kappa shape index (κ1) is 25.7. The van der Waals surface area contributed by atoms with Crippen LogP contribution in [0.2, 0.25) is 5.02 Å². The van der Waals surface area contributed by atoms with Gasteiger partial charge >= 0.3 is 0 Å². The van der Waals surface area contributed by atoms with Crippen molar-refractivity contribution in [1.29, 1.82) is 0 Å². The van der Waals surface area contributed by atoms with E-state index in [1.165, 1.54) is 0 Å². The van der Waals surface area contributed by atoms with Crippen LogP contribution in [0.1, 0.15) is 39.5 Å². The number of hydrogen-bond acceptors (Lipinski definition) is 6. The van der Waals surface area contributed by atoms with Gasteiger partial charge in [0.15, 0.2) is 0 Å². The van der Waals surface area contributed by atoms with Crippen molar-refractivity contribution in [3.05, 3.63) is 35.4 Å². The van der Waals surface area contributed by atoms with Gasteiger partial charge in [-0.15, -0.1) is 0 Å². The highest BCUT2D eigenvalue weighted by atomic mass is 35.5. The molecule has 0 aromatic heterocycles. The summed E-state index contributed by atoms with van der Waals surface area (Å²) in [5, 5.41) is 22.2. The van der Waals surface area contributed by atoms with Crippen molar-refractivity contribution in [2.24, 2.45) is 0 Å². The van der Waals surface area contributed by atoms with E-state index < -0.39 is 12.2 Å². The van der Waals surface area contributed by atoms with Crippen LogP contribution in [0.15, 0.2) is 30.3 Å². The lowest BCUT2D eigenvalue weighted by Gasteiger charge is -2.15. The van der Waals surface area contributed by atoms with Crippen molar-refractivity contribution in [3.8, 4) is 11.5 Å². The molecule has 174 valence electrons. The van der Waals surface area contributed by atoms with Crippen LogP contribution in [0.25, 0.3) is 10.8 Å². The first-order valence-corrected chi connectivity index (χ1v) is 11.4. The Kier molecular flexibility index (Phi) is 12.0. The Hall–Kier alpha value is -1.57. The van der Waals surface area contributed by atoms with Gasteiger partial charge in [0.1, 0.15) is 36.9 Å². The van der Waals surface area contributed by atoms with Gasteiger partial charge in [0.2, 0.25) is 0 Å². The number of aliphatic hydroxyl groups is 2. The Bertz CT molecular complexity index is 764. The highest BCUT2D eigenvalue weighted by Crippen LogP contribution is 2.35. The van der Waals surface area contributed by atoms with E-state index in [-0.39, 0.29) is 26.4 Å². The fourth-order valence-corrected chi connectivity index (χ4v) is 3.13. The maximum Gasteiger partial charge on any atom is 0.138 e. The number of aliphatic hydroxyl groups excluding tert-OH is 2. The number of unbranched alkanes of at least 4 members (excludes halogenated alkanes) is 2. The first-order valence-electron chi connectivity index (χ1n) is 11.0. The van der Waals surface area contributed by atoms with Crippen molar-refractivity contribution < 1.29 is 29.2 Å². The maximum atomic E-state index is 10.0. The summed E-state index contributed by atoms with van der Waals surface area (Å²) in [6.07, 6.45) is 2.64. The molecule has 7 heteroatoms. The molecule has 2 N–H and O–H groups in total. The fourth-order valence-electron chi connectivity index (χ4n) is 2.85. The van der Waals surface area contributed by atoms with Crippen molar-refractivity contribution in [1.82, 2.24) is 0 Å². The van der Waals surface area contributed by atoms with Crippen LogP contribution in [0.3, 0.4) is 0 Å². The molecule has 31 heavy (non-hydrogen) atoms. The summed E-state index contributed by atoms with van der Waals surface area (Å²) in [5.41, 5.74) is 0. The number of ether oxygens (including phenoxy) is 4. The van der Waals surface area contributed by atoms with Crippen LogP contribution in [0, 0.1) is 0 Å². The monoisotopic (exact) mass is 454 g/mol. The van der Waals surface area contributed by atoms with Gasteiger partial charge in [-0.3, -0.25) is 0 Å². The normalized spacial score (nSPS) is 13.3. The number of benzene rings is 2. The highest BCUT2D eigenvalue weighted by molar-refractivity contribution is 6.37. The molecule has 0 saturated carbocycles. The third-order valence-corrected chi connectivity index (χ3v) is 5.06. The van der Waals surface area contributed by atoms with Gasteiger partial charge in [0.25, 0.3) is 0 Å². The van der Waals surface area contributed by atoms with E-state index >= 15 is 0 Å². The van der Waals surface area contributed by atoms with Crippen molar-refractivity contribution in [3.63, 3.8) is 0 Å². The van der Waals surface area contributed by atoms with Crippen molar-refractivity contribution in [2.75, 3.05) is 39.6 Å². The molecule has 0 heterocycles. The van der Waals surface area contributed by atoms with E-state index in [2.05, 4.69) is 13.8 Å². The average Bonchev–Trinajstić information content (AvgIpc) is 2.78. The standard InChI is InChI=1S/C24H35ClO6/c1-3-5-11-28-14-19(26)16-30-21-9-7-18-8-10-23(24(25)22(18)13-21)31-17-20(27)15-29-12-6-4-2/h7-10,13,19-20,26-27H,3-6,11-12,14-17H2,1-2H3. The molecular weight excluding hydrogens is 420 g/mol. The quantitative estimate of drug-likeness (QED) is 0.361. The first-order chi connectivity index (χ1) is 15.0. The molecule has 0 bridgehead atoms. The minimum Gasteiger partial charge on any atom is -0.491 e. The molecule has 2 rings (SSSR count). The number of hydrogen-bond donors (Lipinski definition) is 2. The Morgan fingerprint density at radius 1 is 0.806 bits per heavy atom. The average molecular weight is 455 g/mol. The molecule has 0 aliphatic rings. The molecule has 0 amide bonds. The maximum absolute atomic E-state index is 10.0. The summed E-state index contributed by atoms with van der Waals surface area (Å²) >= 11 is 6.54. The van der Waals surface area contributed by atoms with E-state index in [4.69, 9.17) is 30.5 Å². The zero-order valence-electron chi connectivity index (χ0n) is 18.5. The Balaban J connectivity index is 1.90. The van der Waals surface area contributed by atoms with Gasteiger partial charge in [-0.2, -0.15) is 0 Å². The Labute approximate surface area is 190 Å². The van der Waals surface area contributed by atoms with Crippen LogP contribution < -0.4 is 9.47 Å². The molecular formula is C24H35ClO6. The minimum absolute atomic E-state index is 0.0950. The van der Waals surface area contributed by atoms with Crippen molar-refractivity contribution in [2.45, 2.75) is 51.7 Å². The third-order valence-electron chi connectivity index (χ3n) is 4.67. The zero-order chi connectivity index (χ0) is 22.5. The van der Waals surface area contributed by atoms with Gasteiger partial charge < -0.3 is 29.2 Å². The van der Waals surface area contributed by atoms with Crippen LogP contribution in [0.4, 0.5) is 0 Å². The smallest absolute Gasteiger partial charge is 0.138 e. The van der Waals surface area contributed by atoms with E-state index in [0.29, 0.717) is 29.7 Å². The summed E-state index contributed by atoms with van der Waals surface area (Å²) < 4.78 is 22.2. The second kappa shape index (κ2) is 14.5. The molecule has 6 nitrogen and oxygen atoms in total. The molecule has 0 radical (unpaired) electrons. The van der Waals surface area contributed by atoms with E-state index in [1.807, 2.05) is 24.3 Å². The Morgan fingerprint density at radius 2 is 1.39 bits per heavy atom. The molecule has 0 fully saturated rings. The molecule has 0 spiro atoms. The minimum atomic E-state index is -0.723. The third kappa shape index (κ3) is 9.21. The van der Waals surface area contributed by atoms with Crippen molar-refractivity contribution >= 4 is 22.4 Å².